The van der Waals surface area contributed by atoms with Gasteiger partial charge >= 0.3 is 12.4 Å². The third kappa shape index (κ3) is 4.80. The lowest BCUT2D eigenvalue weighted by atomic mass is 10.1. The van der Waals surface area contributed by atoms with Crippen LogP contribution in [0.2, 0.25) is 0 Å². The highest BCUT2D eigenvalue weighted by atomic mass is 32.2. The lowest BCUT2D eigenvalue weighted by molar-refractivity contribution is -0.384. The molecule has 0 amide bonds. The zero-order valence-corrected chi connectivity index (χ0v) is 16.8. The Morgan fingerprint density at radius 2 is 1.31 bits per heavy atom. The van der Waals surface area contributed by atoms with Gasteiger partial charge in [-0.25, -0.2) is 8.42 Å². The Morgan fingerprint density at radius 1 is 0.812 bits per heavy atom. The predicted molar refractivity (Wildman–Crippen MR) is 101 cm³/mol. The highest BCUT2D eigenvalue weighted by Crippen LogP contribution is 2.37. The van der Waals surface area contributed by atoms with E-state index in [0.717, 1.165) is 22.5 Å². The van der Waals surface area contributed by atoms with Crippen LogP contribution in [0.4, 0.5) is 37.7 Å². The fourth-order valence-electron chi connectivity index (χ4n) is 3.25. The second-order valence-corrected chi connectivity index (χ2v) is 8.81. The first-order valence-corrected chi connectivity index (χ1v) is 10.4. The van der Waals surface area contributed by atoms with Crippen LogP contribution >= 0.6 is 0 Å². The molecule has 2 aromatic rings. The van der Waals surface area contributed by atoms with Crippen molar-refractivity contribution in [2.45, 2.75) is 17.2 Å². The fraction of sp³-hybridized carbons (Fsp3) is 0.333. The van der Waals surface area contributed by atoms with Crippen LogP contribution in [0.3, 0.4) is 0 Å². The van der Waals surface area contributed by atoms with Crippen molar-refractivity contribution >= 4 is 21.4 Å². The number of piperazine rings is 1. The van der Waals surface area contributed by atoms with E-state index in [2.05, 4.69) is 0 Å². The van der Waals surface area contributed by atoms with Crippen LogP contribution in [-0.2, 0) is 22.4 Å². The number of nitro benzene ring substituents is 1. The average Bonchev–Trinajstić information content (AvgIpc) is 2.72. The van der Waals surface area contributed by atoms with Gasteiger partial charge in [0.15, 0.2) is 0 Å². The third-order valence-electron chi connectivity index (χ3n) is 4.90. The third-order valence-corrected chi connectivity index (χ3v) is 6.81. The standard InChI is InChI=1S/C18H15F6N3O4S/c19-17(20,21)12-1-4-14(5-2-12)32(30,31)26-9-7-25(8-10-26)15-6-3-13(18(22,23)24)11-16(15)27(28)29/h1-6,11H,7-10H2. The highest BCUT2D eigenvalue weighted by Gasteiger charge is 2.36. The smallest absolute Gasteiger partial charge is 0.363 e. The predicted octanol–water partition coefficient (Wildman–Crippen LogP) is 4.14. The molecule has 1 aliphatic heterocycles. The molecule has 14 heteroatoms. The van der Waals surface area contributed by atoms with E-state index in [4.69, 9.17) is 0 Å². The van der Waals surface area contributed by atoms with Crippen molar-refractivity contribution in [3.05, 3.63) is 63.7 Å². The number of hydrogen-bond donors (Lipinski definition) is 0. The van der Waals surface area contributed by atoms with Gasteiger partial charge in [0, 0.05) is 32.2 Å². The number of halogens is 6. The summed E-state index contributed by atoms with van der Waals surface area (Å²) in [6, 6.07) is 5.05. The Kier molecular flexibility index (Phi) is 6.12. The zero-order valence-electron chi connectivity index (χ0n) is 16.0. The van der Waals surface area contributed by atoms with Crippen molar-refractivity contribution in [2.75, 3.05) is 31.1 Å². The molecule has 0 aliphatic carbocycles. The van der Waals surface area contributed by atoms with Gasteiger partial charge in [-0.05, 0) is 36.4 Å². The SMILES string of the molecule is O=[N+]([O-])c1cc(C(F)(F)F)ccc1N1CCN(S(=O)(=O)c2ccc(C(F)(F)F)cc2)CC1. The van der Waals surface area contributed by atoms with Crippen molar-refractivity contribution in [3.8, 4) is 0 Å². The first-order valence-electron chi connectivity index (χ1n) is 8.99. The minimum Gasteiger partial charge on any atom is -0.363 e. The van der Waals surface area contributed by atoms with Gasteiger partial charge < -0.3 is 4.90 Å². The van der Waals surface area contributed by atoms with Crippen LogP contribution < -0.4 is 4.90 Å². The van der Waals surface area contributed by atoms with Gasteiger partial charge in [0.2, 0.25) is 10.0 Å². The molecule has 1 aliphatic rings. The molecule has 0 atom stereocenters. The van der Waals surface area contributed by atoms with Crippen molar-refractivity contribution in [1.29, 1.82) is 0 Å². The molecule has 0 unspecified atom stereocenters. The van der Waals surface area contributed by atoms with Crippen molar-refractivity contribution in [3.63, 3.8) is 0 Å². The molecule has 0 spiro atoms. The molecule has 7 nitrogen and oxygen atoms in total. The van der Waals surface area contributed by atoms with E-state index in [9.17, 15) is 44.9 Å². The Hall–Kier alpha value is -2.87. The number of nitro groups is 1. The van der Waals surface area contributed by atoms with Gasteiger partial charge in [0.05, 0.1) is 20.9 Å². The summed E-state index contributed by atoms with van der Waals surface area (Å²) in [5, 5.41) is 11.3. The molecule has 0 aromatic heterocycles. The highest BCUT2D eigenvalue weighted by molar-refractivity contribution is 7.89. The second kappa shape index (κ2) is 8.24. The van der Waals surface area contributed by atoms with Crippen molar-refractivity contribution < 1.29 is 39.7 Å². The van der Waals surface area contributed by atoms with Gasteiger partial charge in [-0.15, -0.1) is 0 Å². The molecule has 0 N–H and O–H groups in total. The van der Waals surface area contributed by atoms with E-state index >= 15 is 0 Å². The lowest BCUT2D eigenvalue weighted by Crippen LogP contribution is -2.48. The van der Waals surface area contributed by atoms with E-state index in [0.29, 0.717) is 24.3 Å². The quantitative estimate of drug-likeness (QED) is 0.371. The molecule has 1 fully saturated rings. The zero-order chi connectivity index (χ0) is 23.9. The molecule has 1 heterocycles. The minimum absolute atomic E-state index is 0.0634. The summed E-state index contributed by atoms with van der Waals surface area (Å²) in [4.78, 5) is 11.4. The summed E-state index contributed by atoms with van der Waals surface area (Å²) in [5.41, 5.74) is -3.04. The Morgan fingerprint density at radius 3 is 1.78 bits per heavy atom. The number of nitrogens with zero attached hydrogens (tertiary/aromatic N) is 3. The topological polar surface area (TPSA) is 83.8 Å². The van der Waals surface area contributed by atoms with E-state index in [1.54, 1.807) is 0 Å². The molecule has 32 heavy (non-hydrogen) atoms. The molecule has 3 rings (SSSR count). The first-order chi connectivity index (χ1) is 14.7. The Balaban J connectivity index is 1.78. The van der Waals surface area contributed by atoms with Crippen LogP contribution in [-0.4, -0.2) is 43.8 Å². The van der Waals surface area contributed by atoms with E-state index in [1.807, 2.05) is 0 Å². The molecule has 0 radical (unpaired) electrons. The molecule has 2 aromatic carbocycles. The van der Waals surface area contributed by atoms with Gasteiger partial charge in [-0.2, -0.15) is 30.6 Å². The maximum atomic E-state index is 12.9. The number of anilines is 1. The molecule has 1 saturated heterocycles. The first kappa shape index (κ1) is 23.8. The van der Waals surface area contributed by atoms with E-state index < -0.39 is 44.1 Å². The summed E-state index contributed by atoms with van der Waals surface area (Å²) in [5.74, 6) is 0. The van der Waals surface area contributed by atoms with Crippen LogP contribution in [0.5, 0.6) is 0 Å². The maximum absolute atomic E-state index is 12.9. The lowest BCUT2D eigenvalue weighted by Gasteiger charge is -2.35. The average molecular weight is 483 g/mol. The van der Waals surface area contributed by atoms with E-state index in [-0.39, 0.29) is 36.8 Å². The van der Waals surface area contributed by atoms with Gasteiger partial charge in [0.1, 0.15) is 5.69 Å². The van der Waals surface area contributed by atoms with E-state index in [1.165, 1.54) is 4.90 Å². The van der Waals surface area contributed by atoms with Crippen LogP contribution in [0.25, 0.3) is 0 Å². The Labute approximate surface area is 178 Å². The Bertz CT molecular complexity index is 1110. The van der Waals surface area contributed by atoms with Gasteiger partial charge in [-0.3, -0.25) is 10.1 Å². The number of sulfonamides is 1. The number of alkyl halides is 6. The second-order valence-electron chi connectivity index (χ2n) is 6.87. The summed E-state index contributed by atoms with van der Waals surface area (Å²) in [6.45, 7) is -0.457. The maximum Gasteiger partial charge on any atom is 0.416 e. The number of benzene rings is 2. The number of rotatable bonds is 4. The summed E-state index contributed by atoms with van der Waals surface area (Å²) >= 11 is 0. The molecule has 0 saturated carbocycles. The fourth-order valence-corrected chi connectivity index (χ4v) is 4.67. The van der Waals surface area contributed by atoms with Crippen molar-refractivity contribution in [2.24, 2.45) is 0 Å². The number of hydrogen-bond acceptors (Lipinski definition) is 5. The summed E-state index contributed by atoms with van der Waals surface area (Å²) in [7, 11) is -4.13. The largest absolute Gasteiger partial charge is 0.416 e. The molecule has 0 bridgehead atoms. The normalized spacial score (nSPS) is 16.2. The monoisotopic (exact) mass is 483 g/mol. The van der Waals surface area contributed by atoms with Crippen LogP contribution in [0.15, 0.2) is 47.4 Å². The molecular weight excluding hydrogens is 468 g/mol. The van der Waals surface area contributed by atoms with Crippen molar-refractivity contribution in [1.82, 2.24) is 4.31 Å². The van der Waals surface area contributed by atoms with Crippen LogP contribution in [0.1, 0.15) is 11.1 Å². The molecular formula is C18H15F6N3O4S. The van der Waals surface area contributed by atoms with Gasteiger partial charge in [0.25, 0.3) is 5.69 Å². The molecule has 174 valence electrons. The van der Waals surface area contributed by atoms with Crippen LogP contribution in [0, 0.1) is 10.1 Å². The minimum atomic E-state index is -4.77. The van der Waals surface area contributed by atoms with Gasteiger partial charge in [-0.1, -0.05) is 0 Å². The summed E-state index contributed by atoms with van der Waals surface area (Å²) in [6.07, 6.45) is -9.39. The summed E-state index contributed by atoms with van der Waals surface area (Å²) < 4.78 is 103.